The topological polar surface area (TPSA) is 68.4 Å². The van der Waals surface area contributed by atoms with Crippen LogP contribution in [0.3, 0.4) is 0 Å². The fraction of sp³-hybridized carbons (Fsp3) is 0.920. The number of cyclic esters (lactones) is 2. The standard InChI is InChI=1S/C10H16O2S2Se.C8H10O3.C7H14S2Se.H2/c1-7(11-1)3-13-9-5-15-6-10(9)14-4-8-2-12-8;9-7-5-3-1-2-4-6(5)8(10)11-7;8-4-6-2-1-3-7(5-9)10-6;/h7-10H,1-6H2;5-6H,1-4H2;6-9H,1-5H2;1H. The van der Waals surface area contributed by atoms with Gasteiger partial charge in [0.1, 0.15) is 0 Å². The number of hydrogen-bond donors (Lipinski definition) is 2. The van der Waals surface area contributed by atoms with E-state index in [2.05, 4.69) is 53.5 Å². The molecule has 208 valence electrons. The maximum atomic E-state index is 11.0. The largest absolute Gasteiger partial charge is 0 e. The third-order valence-corrected chi connectivity index (χ3v) is 19.1. The molecule has 5 nitrogen and oxygen atoms in total. The van der Waals surface area contributed by atoms with Crippen LogP contribution in [0.25, 0.3) is 0 Å². The summed E-state index contributed by atoms with van der Waals surface area (Å²) in [6.45, 7) is 2.02. The molecule has 0 bridgehead atoms. The van der Waals surface area contributed by atoms with Gasteiger partial charge in [-0.2, -0.15) is 0 Å². The Morgan fingerprint density at radius 3 is 1.67 bits per heavy atom. The van der Waals surface area contributed by atoms with Gasteiger partial charge in [0, 0.05) is 1.43 Å². The van der Waals surface area contributed by atoms with E-state index in [1.165, 1.54) is 41.4 Å². The van der Waals surface area contributed by atoms with Gasteiger partial charge in [-0.1, -0.05) is 12.8 Å². The first-order valence-electron chi connectivity index (χ1n) is 13.2. The van der Waals surface area contributed by atoms with E-state index < -0.39 is 0 Å². The predicted molar refractivity (Wildman–Crippen MR) is 161 cm³/mol. The van der Waals surface area contributed by atoms with Crippen LogP contribution in [-0.4, -0.2) is 101 Å². The van der Waals surface area contributed by atoms with Gasteiger partial charge in [0.2, 0.25) is 0 Å². The smallest absolute Gasteiger partial charge is 0 e. The zero-order valence-electron chi connectivity index (χ0n) is 20.8. The Morgan fingerprint density at radius 1 is 0.778 bits per heavy atom. The summed E-state index contributed by atoms with van der Waals surface area (Å²) in [5.41, 5.74) is 0. The number of carbonyl (C=O) groups excluding carboxylic acids is 2. The molecule has 6 fully saturated rings. The van der Waals surface area contributed by atoms with Gasteiger partial charge in [-0.05, 0) is 12.8 Å². The molecule has 0 spiro atoms. The third kappa shape index (κ3) is 10.2. The van der Waals surface area contributed by atoms with E-state index in [9.17, 15) is 9.59 Å². The van der Waals surface area contributed by atoms with Gasteiger partial charge in [0.05, 0.1) is 11.8 Å². The Bertz CT molecular complexity index is 665. The van der Waals surface area contributed by atoms with E-state index in [0.717, 1.165) is 100 Å². The number of epoxide rings is 2. The van der Waals surface area contributed by atoms with E-state index >= 15 is 0 Å². The molecule has 5 saturated heterocycles. The molecule has 8 unspecified atom stereocenters. The second-order valence-electron chi connectivity index (χ2n) is 10.1. The van der Waals surface area contributed by atoms with Gasteiger partial charge in [-0.25, -0.2) is 0 Å². The first kappa shape index (κ1) is 30.5. The Hall–Kier alpha value is 1.50. The van der Waals surface area contributed by atoms with Crippen molar-refractivity contribution in [3.63, 3.8) is 0 Å². The quantitative estimate of drug-likeness (QED) is 0.121. The molecule has 5 heterocycles. The third-order valence-electron chi connectivity index (χ3n) is 7.19. The monoisotopic (exact) mass is 710 g/mol. The number of thioether (sulfide) groups is 2. The van der Waals surface area contributed by atoms with Crippen molar-refractivity contribution in [3.8, 4) is 0 Å². The minimum Gasteiger partial charge on any atom is 0 e. The second kappa shape index (κ2) is 16.1. The van der Waals surface area contributed by atoms with Crippen molar-refractivity contribution in [2.24, 2.45) is 11.8 Å². The SMILES string of the molecule is C1OC1CSC1C[Se]CC1SCC1CO1.O=C1OC(=O)C2CCCCC12.SCC1CCCC(CS)[Se]1.[HH]. The molecule has 0 radical (unpaired) electrons. The zero-order valence-corrected chi connectivity index (χ0v) is 27.6. The van der Waals surface area contributed by atoms with Crippen LogP contribution in [0.15, 0.2) is 0 Å². The number of thiol groups is 2. The Balaban J connectivity index is 0.000000156. The first-order chi connectivity index (χ1) is 17.6. The van der Waals surface area contributed by atoms with Gasteiger partial charge in [-0.15, -0.1) is 0 Å². The van der Waals surface area contributed by atoms with Crippen LogP contribution in [0, 0.1) is 11.8 Å². The van der Waals surface area contributed by atoms with Crippen LogP contribution in [-0.2, 0) is 23.8 Å². The number of ether oxygens (including phenoxy) is 3. The molecular weight excluding hydrogens is 666 g/mol. The molecule has 1 aliphatic carbocycles. The van der Waals surface area contributed by atoms with Crippen molar-refractivity contribution in [2.75, 3.05) is 36.2 Å². The summed E-state index contributed by atoms with van der Waals surface area (Å²) in [7, 11) is 0. The Labute approximate surface area is 250 Å². The van der Waals surface area contributed by atoms with Gasteiger partial charge >= 0.3 is 199 Å². The molecule has 6 rings (SSSR count). The maximum Gasteiger partial charge on any atom is 0 e. The van der Waals surface area contributed by atoms with Crippen molar-refractivity contribution in [3.05, 3.63) is 0 Å². The molecule has 6 aliphatic rings. The molecule has 5 aliphatic heterocycles. The normalized spacial score (nSPS) is 38.7. The summed E-state index contributed by atoms with van der Waals surface area (Å²) in [5, 5.41) is 4.79. The Morgan fingerprint density at radius 2 is 1.25 bits per heavy atom. The van der Waals surface area contributed by atoms with Crippen molar-refractivity contribution in [2.45, 2.75) is 87.9 Å². The van der Waals surface area contributed by atoms with Crippen LogP contribution in [0.4, 0.5) is 0 Å². The van der Waals surface area contributed by atoms with Gasteiger partial charge in [0.15, 0.2) is 0 Å². The molecule has 36 heavy (non-hydrogen) atoms. The Kier molecular flexibility index (Phi) is 13.6. The number of rotatable bonds is 8. The summed E-state index contributed by atoms with van der Waals surface area (Å²) in [6.07, 6.45) is 9.26. The van der Waals surface area contributed by atoms with Crippen LogP contribution in [0.5, 0.6) is 0 Å². The molecular formula is C25H42O5S4Se2. The van der Waals surface area contributed by atoms with Crippen molar-refractivity contribution in [1.82, 2.24) is 0 Å². The second-order valence-corrected chi connectivity index (χ2v) is 19.0. The summed E-state index contributed by atoms with van der Waals surface area (Å²) >= 11 is 14.7. The average molecular weight is 709 g/mol. The zero-order chi connectivity index (χ0) is 25.3. The molecule has 0 aromatic rings. The van der Waals surface area contributed by atoms with E-state index in [0.29, 0.717) is 12.2 Å². The van der Waals surface area contributed by atoms with E-state index in [1.807, 2.05) is 0 Å². The fourth-order valence-electron chi connectivity index (χ4n) is 4.81. The minimum absolute atomic E-state index is 0. The number of esters is 2. The van der Waals surface area contributed by atoms with Crippen LogP contribution in [0.2, 0.25) is 20.3 Å². The fourth-order valence-corrected chi connectivity index (χ4v) is 16.4. The molecule has 0 N–H and O–H groups in total. The number of fused-ring (bicyclic) bond motifs is 1. The number of hydrogen-bond acceptors (Lipinski definition) is 9. The number of carbonyl (C=O) groups is 2. The molecule has 1 saturated carbocycles. The first-order valence-corrected chi connectivity index (χ1v) is 21.0. The summed E-state index contributed by atoms with van der Waals surface area (Å²) in [5.74, 6) is 3.89. The maximum absolute atomic E-state index is 11.0. The predicted octanol–water partition coefficient (Wildman–Crippen LogP) is 4.98. The van der Waals surface area contributed by atoms with Gasteiger partial charge in [0.25, 0.3) is 0 Å². The minimum atomic E-state index is -0.292. The van der Waals surface area contributed by atoms with E-state index in [4.69, 9.17) is 9.47 Å². The average Bonchev–Trinajstić information content (AvgIpc) is 3.85. The molecule has 11 heteroatoms. The van der Waals surface area contributed by atoms with Crippen molar-refractivity contribution < 1.29 is 25.2 Å². The van der Waals surface area contributed by atoms with E-state index in [1.54, 1.807) is 0 Å². The molecule has 0 aromatic carbocycles. The van der Waals surface area contributed by atoms with E-state index in [-0.39, 0.29) is 25.2 Å². The van der Waals surface area contributed by atoms with Crippen LogP contribution >= 0.6 is 48.8 Å². The van der Waals surface area contributed by atoms with Crippen molar-refractivity contribution >= 4 is 90.6 Å². The van der Waals surface area contributed by atoms with Crippen LogP contribution in [0.1, 0.15) is 46.4 Å². The van der Waals surface area contributed by atoms with Gasteiger partial charge in [-0.3, -0.25) is 9.59 Å². The van der Waals surface area contributed by atoms with Gasteiger partial charge < -0.3 is 4.74 Å². The van der Waals surface area contributed by atoms with Crippen molar-refractivity contribution in [1.29, 1.82) is 0 Å². The molecule has 8 atom stereocenters. The summed E-state index contributed by atoms with van der Waals surface area (Å²) in [6, 6.07) is 0. The summed E-state index contributed by atoms with van der Waals surface area (Å²) in [4.78, 5) is 23.8. The summed E-state index contributed by atoms with van der Waals surface area (Å²) < 4.78 is 15.1. The molecule has 0 aromatic heterocycles. The van der Waals surface area contributed by atoms with Crippen LogP contribution < -0.4 is 0 Å². The molecule has 0 amide bonds.